The molecule has 4 nitrogen and oxygen atoms in total. The molecule has 10 heteroatoms. The van der Waals surface area contributed by atoms with Crippen molar-refractivity contribution in [2.45, 2.75) is 52.0 Å². The van der Waals surface area contributed by atoms with Crippen molar-refractivity contribution < 1.29 is 35.3 Å². The van der Waals surface area contributed by atoms with Crippen LogP contribution in [-0.2, 0) is 26.4 Å². The normalized spacial score (nSPS) is 15.3. The minimum Gasteiger partial charge on any atom is -0.745 e. The summed E-state index contributed by atoms with van der Waals surface area (Å²) in [5.41, 5.74) is 1.14. The summed E-state index contributed by atoms with van der Waals surface area (Å²) < 4.78 is 90.4. The number of ether oxygens (including phenoxy) is 1. The molecular weight excluding hydrogens is 504 g/mol. The quantitative estimate of drug-likeness (QED) is 0.207. The van der Waals surface area contributed by atoms with Crippen molar-refractivity contribution in [1.82, 2.24) is 0 Å². The van der Waals surface area contributed by atoms with E-state index in [9.17, 15) is 30.5 Å². The van der Waals surface area contributed by atoms with E-state index in [0.29, 0.717) is 0 Å². The molecule has 3 rings (SSSR count). The SMILES string of the molecule is CC(C)(C)c1ccc([S+](c2ccccc2)c2ccc(OCC(F)(C(F)(F)F)S(=O)(=O)[O-])cc2)cc1. The van der Waals surface area contributed by atoms with Gasteiger partial charge in [0.25, 0.3) is 0 Å². The topological polar surface area (TPSA) is 66.4 Å². The van der Waals surface area contributed by atoms with Crippen LogP contribution in [0.2, 0.25) is 0 Å². The fourth-order valence-electron chi connectivity index (χ4n) is 3.20. The third-order valence-corrected chi connectivity index (χ3v) is 8.61. The highest BCUT2D eigenvalue weighted by Crippen LogP contribution is 2.39. The van der Waals surface area contributed by atoms with Gasteiger partial charge >= 0.3 is 11.2 Å². The van der Waals surface area contributed by atoms with Gasteiger partial charge < -0.3 is 9.29 Å². The number of alkyl halides is 4. The second-order valence-electron chi connectivity index (χ2n) is 8.83. The van der Waals surface area contributed by atoms with E-state index in [1.54, 1.807) is 12.1 Å². The summed E-state index contributed by atoms with van der Waals surface area (Å²) in [5.74, 6) is -0.205. The zero-order chi connectivity index (χ0) is 26.1. The van der Waals surface area contributed by atoms with E-state index in [1.165, 1.54) is 12.1 Å². The minimum absolute atomic E-state index is 0.0253. The van der Waals surface area contributed by atoms with E-state index in [4.69, 9.17) is 4.74 Å². The van der Waals surface area contributed by atoms with E-state index in [-0.39, 0.29) is 11.2 Å². The molecular formula is C25H24F4O4S2. The van der Waals surface area contributed by atoms with Gasteiger partial charge in [0.05, 0.1) is 10.9 Å². The van der Waals surface area contributed by atoms with Gasteiger partial charge in [-0.15, -0.1) is 0 Å². The molecule has 0 saturated heterocycles. The predicted molar refractivity (Wildman–Crippen MR) is 125 cm³/mol. The Kier molecular flexibility index (Phi) is 7.59. The van der Waals surface area contributed by atoms with E-state index >= 15 is 0 Å². The summed E-state index contributed by atoms with van der Waals surface area (Å²) >= 11 is 0. The minimum atomic E-state index is -6.37. The molecule has 0 aliphatic heterocycles. The summed E-state index contributed by atoms with van der Waals surface area (Å²) in [4.78, 5) is 2.82. The van der Waals surface area contributed by atoms with Crippen molar-refractivity contribution in [3.63, 3.8) is 0 Å². The Morgan fingerprint density at radius 3 is 1.66 bits per heavy atom. The largest absolute Gasteiger partial charge is 0.745 e. The summed E-state index contributed by atoms with van der Waals surface area (Å²) in [5, 5.41) is -5.05. The zero-order valence-electron chi connectivity index (χ0n) is 19.2. The summed E-state index contributed by atoms with van der Waals surface area (Å²) in [7, 11) is -6.93. The monoisotopic (exact) mass is 528 g/mol. The molecule has 0 aliphatic rings. The number of hydrogen-bond donors (Lipinski definition) is 0. The van der Waals surface area contributed by atoms with Crippen LogP contribution < -0.4 is 4.74 Å². The lowest BCUT2D eigenvalue weighted by Crippen LogP contribution is -2.52. The third-order valence-electron chi connectivity index (χ3n) is 5.24. The summed E-state index contributed by atoms with van der Waals surface area (Å²) in [6.07, 6.45) is -5.94. The van der Waals surface area contributed by atoms with Crippen LogP contribution in [0, 0.1) is 0 Å². The molecule has 0 heterocycles. The molecule has 0 amide bonds. The molecule has 2 unspecified atom stereocenters. The van der Waals surface area contributed by atoms with Crippen LogP contribution >= 0.6 is 0 Å². The molecule has 35 heavy (non-hydrogen) atoms. The van der Waals surface area contributed by atoms with Gasteiger partial charge in [-0.3, -0.25) is 0 Å². The van der Waals surface area contributed by atoms with Crippen LogP contribution in [0.5, 0.6) is 5.75 Å². The maximum atomic E-state index is 14.1. The molecule has 0 fully saturated rings. The van der Waals surface area contributed by atoms with Gasteiger partial charge in [-0.05, 0) is 59.5 Å². The van der Waals surface area contributed by atoms with Gasteiger partial charge in [0.2, 0.25) is 0 Å². The van der Waals surface area contributed by atoms with Crippen LogP contribution in [0.4, 0.5) is 17.6 Å². The molecule has 0 aliphatic carbocycles. The molecule has 0 radical (unpaired) electrons. The number of hydrogen-bond acceptors (Lipinski definition) is 4. The van der Waals surface area contributed by atoms with Gasteiger partial charge in [0.15, 0.2) is 14.7 Å². The molecule has 0 aromatic heterocycles. The lowest BCUT2D eigenvalue weighted by atomic mass is 9.87. The van der Waals surface area contributed by atoms with Crippen molar-refractivity contribution in [1.29, 1.82) is 0 Å². The first-order valence-electron chi connectivity index (χ1n) is 10.5. The lowest BCUT2D eigenvalue weighted by molar-refractivity contribution is -0.207. The molecule has 0 N–H and O–H groups in total. The third kappa shape index (κ3) is 5.99. The highest BCUT2D eigenvalue weighted by Gasteiger charge is 2.62. The fourth-order valence-corrected chi connectivity index (χ4v) is 5.75. The molecule has 2 atom stereocenters. The average molecular weight is 529 g/mol. The Balaban J connectivity index is 1.91. The maximum Gasteiger partial charge on any atom is 0.439 e. The Morgan fingerprint density at radius 2 is 1.23 bits per heavy atom. The first-order chi connectivity index (χ1) is 16.1. The van der Waals surface area contributed by atoms with E-state index in [0.717, 1.165) is 20.2 Å². The van der Waals surface area contributed by atoms with Crippen molar-refractivity contribution in [2.75, 3.05) is 6.61 Å². The molecule has 188 valence electrons. The van der Waals surface area contributed by atoms with E-state index < -0.39 is 38.8 Å². The fraction of sp³-hybridized carbons (Fsp3) is 0.280. The second-order valence-corrected chi connectivity index (χ2v) is 12.4. The van der Waals surface area contributed by atoms with Gasteiger partial charge in [-0.25, -0.2) is 12.8 Å². The van der Waals surface area contributed by atoms with Crippen LogP contribution in [0.3, 0.4) is 0 Å². The Bertz CT molecular complexity index is 1240. The lowest BCUT2D eigenvalue weighted by Gasteiger charge is -2.29. The summed E-state index contributed by atoms with van der Waals surface area (Å²) in [6, 6.07) is 23.6. The molecule has 3 aromatic carbocycles. The summed E-state index contributed by atoms with van der Waals surface area (Å²) in [6.45, 7) is 4.34. The first kappa shape index (κ1) is 27.0. The first-order valence-corrected chi connectivity index (χ1v) is 13.1. The van der Waals surface area contributed by atoms with E-state index in [2.05, 4.69) is 32.9 Å². The number of benzene rings is 3. The van der Waals surface area contributed by atoms with Gasteiger partial charge in [-0.1, -0.05) is 51.1 Å². The number of rotatable bonds is 7. The van der Waals surface area contributed by atoms with Crippen molar-refractivity contribution >= 4 is 21.0 Å². The molecule has 0 bridgehead atoms. The predicted octanol–water partition coefficient (Wildman–Crippen LogP) is 6.23. The van der Waals surface area contributed by atoms with Crippen molar-refractivity contribution in [2.24, 2.45) is 0 Å². The highest BCUT2D eigenvalue weighted by atomic mass is 32.2. The average Bonchev–Trinajstić information content (AvgIpc) is 2.77. The van der Waals surface area contributed by atoms with Gasteiger partial charge in [0.1, 0.15) is 22.5 Å². The Morgan fingerprint density at radius 1 is 0.771 bits per heavy atom. The Hall–Kier alpha value is -2.56. The smallest absolute Gasteiger partial charge is 0.439 e. The van der Waals surface area contributed by atoms with Crippen LogP contribution in [0.25, 0.3) is 0 Å². The molecule has 3 aromatic rings. The number of halogens is 4. The van der Waals surface area contributed by atoms with E-state index in [1.807, 2.05) is 42.5 Å². The zero-order valence-corrected chi connectivity index (χ0v) is 20.8. The van der Waals surface area contributed by atoms with Crippen molar-refractivity contribution in [3.05, 3.63) is 84.4 Å². The second kappa shape index (κ2) is 9.83. The molecule has 0 spiro atoms. The van der Waals surface area contributed by atoms with Crippen LogP contribution in [0.1, 0.15) is 26.3 Å². The standard InChI is InChI=1S/C25H24F4O4S2/c1-23(2,3)18-9-13-21(14-10-18)34(20-7-5-4-6-8-20)22-15-11-19(12-16-22)33-17-24(26,25(27,28)29)35(30,31)32/h4-16H,17H2,1-3H3. The Labute approximate surface area is 205 Å². The van der Waals surface area contributed by atoms with Crippen LogP contribution in [-0.4, -0.2) is 30.8 Å². The van der Waals surface area contributed by atoms with Crippen LogP contribution in [0.15, 0.2) is 93.5 Å². The maximum absolute atomic E-state index is 14.1. The van der Waals surface area contributed by atoms with Gasteiger partial charge in [-0.2, -0.15) is 13.2 Å². The van der Waals surface area contributed by atoms with Gasteiger partial charge in [0, 0.05) is 0 Å². The van der Waals surface area contributed by atoms with Crippen molar-refractivity contribution in [3.8, 4) is 5.75 Å². The highest BCUT2D eigenvalue weighted by molar-refractivity contribution is 7.97. The molecule has 0 saturated carbocycles.